The number of hydrogen-bond acceptors (Lipinski definition) is 1. The average Bonchev–Trinajstić information content (AvgIpc) is 2.37. The maximum atomic E-state index is 8.81. The van der Waals surface area contributed by atoms with Gasteiger partial charge in [0.15, 0.2) is 0 Å². The van der Waals surface area contributed by atoms with Crippen molar-refractivity contribution in [2.75, 3.05) is 6.61 Å². The maximum Gasteiger partial charge on any atom is 2.00 e. The topological polar surface area (TPSA) is 20.2 Å². The Morgan fingerprint density at radius 3 is 2.45 bits per heavy atom. The molecule has 0 aromatic rings. The minimum atomic E-state index is 0. The van der Waals surface area contributed by atoms with E-state index >= 15 is 0 Å². The average molecular weight is 352 g/mol. The fourth-order valence-electron chi connectivity index (χ4n) is 2.84. The quantitative estimate of drug-likeness (QED) is 0.511. The van der Waals surface area contributed by atoms with Crippen molar-refractivity contribution >= 4 is 0 Å². The molecular weight excluding hydrogens is 322 g/mol. The van der Waals surface area contributed by atoms with Crippen LogP contribution >= 0.6 is 0 Å². The second kappa shape index (κ2) is 10.1. The number of aliphatic hydroxyl groups excluding tert-OH is 1. The van der Waals surface area contributed by atoms with E-state index in [0.29, 0.717) is 5.41 Å². The summed E-state index contributed by atoms with van der Waals surface area (Å²) in [7, 11) is 0. The van der Waals surface area contributed by atoms with Crippen molar-refractivity contribution in [1.82, 2.24) is 0 Å². The van der Waals surface area contributed by atoms with Gasteiger partial charge < -0.3 is 5.11 Å². The van der Waals surface area contributed by atoms with Gasteiger partial charge in [0.25, 0.3) is 0 Å². The molecular formula is C20H30OZn+2. The van der Waals surface area contributed by atoms with Gasteiger partial charge in [-0.15, -0.1) is 0 Å². The van der Waals surface area contributed by atoms with Gasteiger partial charge in [0.2, 0.25) is 0 Å². The summed E-state index contributed by atoms with van der Waals surface area (Å²) in [4.78, 5) is 0. The molecule has 0 heterocycles. The van der Waals surface area contributed by atoms with Crippen LogP contribution in [0.15, 0.2) is 58.7 Å². The zero-order valence-electron chi connectivity index (χ0n) is 14.9. The maximum absolute atomic E-state index is 8.81. The first-order valence-corrected chi connectivity index (χ1v) is 7.87. The van der Waals surface area contributed by atoms with Crippen LogP contribution in [0.1, 0.15) is 53.9 Å². The summed E-state index contributed by atoms with van der Waals surface area (Å²) in [6.07, 6.45) is 16.3. The van der Waals surface area contributed by atoms with Crippen LogP contribution < -0.4 is 0 Å². The van der Waals surface area contributed by atoms with Gasteiger partial charge in [-0.25, -0.2) is 0 Å². The van der Waals surface area contributed by atoms with Gasteiger partial charge in [0.1, 0.15) is 0 Å². The molecule has 22 heavy (non-hydrogen) atoms. The first-order chi connectivity index (χ1) is 9.86. The Morgan fingerprint density at radius 2 is 1.86 bits per heavy atom. The van der Waals surface area contributed by atoms with Crippen molar-refractivity contribution in [2.45, 2.75) is 53.9 Å². The Kier molecular flexibility index (Phi) is 9.80. The van der Waals surface area contributed by atoms with Crippen molar-refractivity contribution in [1.29, 1.82) is 0 Å². The number of hydrogen-bond donors (Lipinski definition) is 1. The Bertz CT molecular complexity index is 502. The van der Waals surface area contributed by atoms with Gasteiger partial charge in [-0.3, -0.25) is 0 Å². The van der Waals surface area contributed by atoms with Gasteiger partial charge in [0.05, 0.1) is 6.61 Å². The first kappa shape index (κ1) is 21.3. The summed E-state index contributed by atoms with van der Waals surface area (Å²) in [5.74, 6) is 0. The SMILES string of the molecule is CC1=C(/C=C/C(C)=C/C=C/C(C)=C/CO)C(C)(C)CCC1.[Zn+2]. The second-order valence-electron chi connectivity index (χ2n) is 6.67. The molecule has 0 aromatic carbocycles. The predicted octanol–water partition coefficient (Wildman–Crippen LogP) is 5.51. The number of allylic oxidation sites excluding steroid dienone is 9. The molecule has 0 bridgehead atoms. The van der Waals surface area contributed by atoms with E-state index in [1.165, 1.54) is 36.0 Å². The molecule has 0 unspecified atom stereocenters. The molecule has 0 fully saturated rings. The summed E-state index contributed by atoms with van der Waals surface area (Å²) >= 11 is 0. The van der Waals surface area contributed by atoms with E-state index in [0.717, 1.165) is 5.57 Å². The zero-order valence-corrected chi connectivity index (χ0v) is 17.9. The van der Waals surface area contributed by atoms with Gasteiger partial charge in [-0.1, -0.05) is 67.0 Å². The largest absolute Gasteiger partial charge is 2.00 e. The second-order valence-corrected chi connectivity index (χ2v) is 6.67. The van der Waals surface area contributed by atoms with Gasteiger partial charge >= 0.3 is 19.5 Å². The van der Waals surface area contributed by atoms with Crippen LogP contribution in [0.3, 0.4) is 0 Å². The molecule has 2 heteroatoms. The molecule has 0 aliphatic heterocycles. The van der Waals surface area contributed by atoms with Gasteiger partial charge in [-0.2, -0.15) is 0 Å². The van der Waals surface area contributed by atoms with E-state index < -0.39 is 0 Å². The summed E-state index contributed by atoms with van der Waals surface area (Å²) in [6.45, 7) is 11.2. The van der Waals surface area contributed by atoms with Crippen LogP contribution in [-0.2, 0) is 19.5 Å². The molecule has 1 aliphatic carbocycles. The van der Waals surface area contributed by atoms with Crippen molar-refractivity contribution in [2.24, 2.45) is 5.41 Å². The molecule has 0 atom stereocenters. The molecule has 116 valence electrons. The van der Waals surface area contributed by atoms with Gasteiger partial charge in [0, 0.05) is 0 Å². The van der Waals surface area contributed by atoms with Crippen molar-refractivity contribution in [3.8, 4) is 0 Å². The van der Waals surface area contributed by atoms with Crippen molar-refractivity contribution < 1.29 is 24.6 Å². The van der Waals surface area contributed by atoms with Crippen molar-refractivity contribution in [3.63, 3.8) is 0 Å². The molecule has 0 saturated heterocycles. The Hall–Kier alpha value is -0.717. The van der Waals surface area contributed by atoms with Crippen LogP contribution in [0, 0.1) is 5.41 Å². The summed E-state index contributed by atoms with van der Waals surface area (Å²) in [5.41, 5.74) is 5.66. The smallest absolute Gasteiger partial charge is 0.392 e. The fourth-order valence-corrected chi connectivity index (χ4v) is 2.84. The van der Waals surface area contributed by atoms with Gasteiger partial charge in [-0.05, 0) is 51.0 Å². The standard InChI is InChI=1S/C20H30O.Zn/c1-16(8-6-9-17(2)13-15-21)11-12-19-18(3)10-7-14-20(19,4)5;/h6,8-9,11-13,21H,7,10,14-15H2,1-5H3;/q;+2/b9-6+,12-11+,16-8+,17-13+;. The van der Waals surface area contributed by atoms with E-state index in [-0.39, 0.29) is 26.1 Å². The van der Waals surface area contributed by atoms with E-state index in [2.05, 4.69) is 45.9 Å². The van der Waals surface area contributed by atoms with E-state index in [1.807, 2.05) is 19.1 Å². The molecule has 1 N–H and O–H groups in total. The Morgan fingerprint density at radius 1 is 1.18 bits per heavy atom. The molecule has 0 radical (unpaired) electrons. The number of rotatable bonds is 5. The normalized spacial score (nSPS) is 19.9. The van der Waals surface area contributed by atoms with E-state index in [9.17, 15) is 0 Å². The third kappa shape index (κ3) is 7.03. The Balaban J connectivity index is 0.00000441. The molecule has 0 aromatic heterocycles. The van der Waals surface area contributed by atoms with Crippen LogP contribution in [0.4, 0.5) is 0 Å². The van der Waals surface area contributed by atoms with Crippen LogP contribution in [0.25, 0.3) is 0 Å². The van der Waals surface area contributed by atoms with Crippen LogP contribution in [-0.4, -0.2) is 11.7 Å². The van der Waals surface area contributed by atoms with E-state index in [1.54, 1.807) is 6.08 Å². The number of aliphatic hydroxyl groups is 1. The van der Waals surface area contributed by atoms with E-state index in [4.69, 9.17) is 5.11 Å². The third-order valence-electron chi connectivity index (χ3n) is 4.19. The predicted molar refractivity (Wildman–Crippen MR) is 93.2 cm³/mol. The molecule has 0 amide bonds. The van der Waals surface area contributed by atoms with Crippen LogP contribution in [0.2, 0.25) is 0 Å². The summed E-state index contributed by atoms with van der Waals surface area (Å²) in [6, 6.07) is 0. The van der Waals surface area contributed by atoms with Crippen LogP contribution in [0.5, 0.6) is 0 Å². The first-order valence-electron chi connectivity index (χ1n) is 7.87. The third-order valence-corrected chi connectivity index (χ3v) is 4.19. The molecule has 0 spiro atoms. The zero-order chi connectivity index (χ0) is 15.9. The molecule has 1 aliphatic rings. The summed E-state index contributed by atoms with van der Waals surface area (Å²) < 4.78 is 0. The fraction of sp³-hybridized carbons (Fsp3) is 0.500. The minimum absolute atomic E-state index is 0. The Labute approximate surface area is 149 Å². The molecule has 1 nitrogen and oxygen atoms in total. The molecule has 0 saturated carbocycles. The minimum Gasteiger partial charge on any atom is -0.392 e. The summed E-state index contributed by atoms with van der Waals surface area (Å²) in [5, 5.41) is 8.81. The monoisotopic (exact) mass is 350 g/mol. The van der Waals surface area contributed by atoms with Crippen molar-refractivity contribution in [3.05, 3.63) is 58.7 Å². The molecule has 1 rings (SSSR count).